The molecular weight excluding hydrogens is 260 g/mol. The van der Waals surface area contributed by atoms with E-state index in [0.717, 1.165) is 5.56 Å². The van der Waals surface area contributed by atoms with Crippen LogP contribution in [0.15, 0.2) is 12.1 Å². The van der Waals surface area contributed by atoms with Crippen molar-refractivity contribution >= 4 is 5.91 Å². The summed E-state index contributed by atoms with van der Waals surface area (Å²) in [6.07, 6.45) is 0.444. The van der Waals surface area contributed by atoms with E-state index in [9.17, 15) is 9.90 Å². The van der Waals surface area contributed by atoms with Crippen molar-refractivity contribution < 1.29 is 19.4 Å². The summed E-state index contributed by atoms with van der Waals surface area (Å²) in [5, 5.41) is 13.0. The lowest BCUT2D eigenvalue weighted by Gasteiger charge is -2.13. The summed E-state index contributed by atoms with van der Waals surface area (Å²) in [7, 11) is 6.44. The summed E-state index contributed by atoms with van der Waals surface area (Å²) in [6.45, 7) is 1.15. The average molecular weight is 282 g/mol. The van der Waals surface area contributed by atoms with Crippen molar-refractivity contribution in [3.63, 3.8) is 0 Å². The summed E-state index contributed by atoms with van der Waals surface area (Å²) in [5.41, 5.74) is 0.911. The molecule has 0 radical (unpaired) electrons. The van der Waals surface area contributed by atoms with Crippen LogP contribution in [0.5, 0.6) is 17.2 Å². The highest BCUT2D eigenvalue weighted by Gasteiger charge is 2.11. The number of carbonyl (C=O) groups excluding carboxylic acids is 1. The van der Waals surface area contributed by atoms with Gasteiger partial charge < -0.3 is 24.8 Å². The van der Waals surface area contributed by atoms with E-state index < -0.39 is 0 Å². The first-order valence-electron chi connectivity index (χ1n) is 6.34. The number of benzene rings is 1. The van der Waals surface area contributed by atoms with Crippen LogP contribution in [-0.2, 0) is 11.3 Å². The Morgan fingerprint density at radius 2 is 1.80 bits per heavy atom. The number of hydrogen-bond acceptors (Lipinski definition) is 5. The topological polar surface area (TPSA) is 71.0 Å². The second-order valence-corrected chi connectivity index (χ2v) is 4.56. The minimum Gasteiger partial charge on any atom is -0.502 e. The first-order chi connectivity index (χ1) is 9.49. The third-order valence-electron chi connectivity index (χ3n) is 2.88. The van der Waals surface area contributed by atoms with Gasteiger partial charge in [-0.2, -0.15) is 0 Å². The molecule has 0 aromatic heterocycles. The fourth-order valence-electron chi connectivity index (χ4n) is 1.70. The van der Waals surface area contributed by atoms with Gasteiger partial charge >= 0.3 is 0 Å². The van der Waals surface area contributed by atoms with E-state index in [1.54, 1.807) is 31.1 Å². The van der Waals surface area contributed by atoms with E-state index in [2.05, 4.69) is 5.32 Å². The van der Waals surface area contributed by atoms with Gasteiger partial charge in [-0.25, -0.2) is 0 Å². The molecule has 0 heterocycles. The van der Waals surface area contributed by atoms with E-state index in [1.165, 1.54) is 14.2 Å². The second kappa shape index (κ2) is 7.59. The highest BCUT2D eigenvalue weighted by Crippen LogP contribution is 2.36. The molecule has 1 rings (SSSR count). The smallest absolute Gasteiger partial charge is 0.223 e. The predicted octanol–water partition coefficient (Wildman–Crippen LogP) is 0.977. The van der Waals surface area contributed by atoms with E-state index in [1.807, 2.05) is 0 Å². The summed E-state index contributed by atoms with van der Waals surface area (Å²) < 4.78 is 10.2. The van der Waals surface area contributed by atoms with E-state index in [-0.39, 0.29) is 11.7 Å². The van der Waals surface area contributed by atoms with E-state index in [0.29, 0.717) is 31.0 Å². The molecule has 1 amide bonds. The number of rotatable bonds is 7. The van der Waals surface area contributed by atoms with Crippen molar-refractivity contribution in [1.29, 1.82) is 0 Å². The number of nitrogens with zero attached hydrogens (tertiary/aromatic N) is 1. The van der Waals surface area contributed by atoms with Gasteiger partial charge in [0.25, 0.3) is 0 Å². The minimum atomic E-state index is -0.0125. The Morgan fingerprint density at radius 1 is 1.25 bits per heavy atom. The maximum Gasteiger partial charge on any atom is 0.223 e. The van der Waals surface area contributed by atoms with Crippen LogP contribution in [0.3, 0.4) is 0 Å². The minimum absolute atomic E-state index is 0.0125. The molecular formula is C14H22N2O4. The molecule has 20 heavy (non-hydrogen) atoms. The third-order valence-corrected chi connectivity index (χ3v) is 2.88. The SMILES string of the molecule is COc1cc(CNCCC(=O)N(C)C)cc(OC)c1O. The van der Waals surface area contributed by atoms with Crippen molar-refractivity contribution in [1.82, 2.24) is 10.2 Å². The first kappa shape index (κ1) is 16.1. The zero-order valence-corrected chi connectivity index (χ0v) is 12.4. The number of ether oxygens (including phenoxy) is 2. The van der Waals surface area contributed by atoms with Gasteiger partial charge in [-0.05, 0) is 17.7 Å². The molecule has 0 aliphatic rings. The van der Waals surface area contributed by atoms with Crippen LogP contribution in [0.1, 0.15) is 12.0 Å². The monoisotopic (exact) mass is 282 g/mol. The molecule has 0 fully saturated rings. The lowest BCUT2D eigenvalue weighted by Crippen LogP contribution is -2.26. The number of amides is 1. The van der Waals surface area contributed by atoms with Gasteiger partial charge in [0.05, 0.1) is 14.2 Å². The Hall–Kier alpha value is -1.95. The lowest BCUT2D eigenvalue weighted by atomic mass is 10.1. The normalized spacial score (nSPS) is 10.2. The fourth-order valence-corrected chi connectivity index (χ4v) is 1.70. The van der Waals surface area contributed by atoms with Crippen LogP contribution >= 0.6 is 0 Å². The third kappa shape index (κ3) is 4.31. The molecule has 6 heteroatoms. The van der Waals surface area contributed by atoms with Crippen LogP contribution < -0.4 is 14.8 Å². The molecule has 0 unspecified atom stereocenters. The summed E-state index contributed by atoms with van der Waals surface area (Å²) in [6, 6.07) is 3.47. The molecule has 1 aromatic carbocycles. The number of aromatic hydroxyl groups is 1. The predicted molar refractivity (Wildman–Crippen MR) is 76.2 cm³/mol. The molecule has 0 aliphatic carbocycles. The Kier molecular flexibility index (Phi) is 6.11. The molecule has 0 bridgehead atoms. The largest absolute Gasteiger partial charge is 0.502 e. The first-order valence-corrected chi connectivity index (χ1v) is 6.34. The molecule has 0 spiro atoms. The van der Waals surface area contributed by atoms with Gasteiger partial charge in [0.2, 0.25) is 11.7 Å². The van der Waals surface area contributed by atoms with Gasteiger partial charge in [-0.3, -0.25) is 4.79 Å². The lowest BCUT2D eigenvalue weighted by molar-refractivity contribution is -0.128. The zero-order chi connectivity index (χ0) is 15.1. The van der Waals surface area contributed by atoms with Gasteiger partial charge in [0.1, 0.15) is 0 Å². The quantitative estimate of drug-likeness (QED) is 0.729. The van der Waals surface area contributed by atoms with Crippen LogP contribution in [0, 0.1) is 0 Å². The van der Waals surface area contributed by atoms with Crippen molar-refractivity contribution in [3.05, 3.63) is 17.7 Å². The maximum absolute atomic E-state index is 11.4. The highest BCUT2D eigenvalue weighted by molar-refractivity contribution is 5.75. The molecule has 1 aromatic rings. The van der Waals surface area contributed by atoms with Crippen LogP contribution in [0.25, 0.3) is 0 Å². The van der Waals surface area contributed by atoms with Crippen molar-refractivity contribution in [2.75, 3.05) is 34.9 Å². The number of phenolic OH excluding ortho intramolecular Hbond substituents is 1. The standard InChI is InChI=1S/C14H22N2O4/c1-16(2)13(17)5-6-15-9-10-7-11(19-3)14(18)12(8-10)20-4/h7-8,15,18H,5-6,9H2,1-4H3. The molecule has 0 saturated carbocycles. The van der Waals surface area contributed by atoms with Gasteiger partial charge in [-0.15, -0.1) is 0 Å². The van der Waals surface area contributed by atoms with Crippen LogP contribution in [0.2, 0.25) is 0 Å². The molecule has 6 nitrogen and oxygen atoms in total. The summed E-state index contributed by atoms with van der Waals surface area (Å²) in [4.78, 5) is 13.0. The van der Waals surface area contributed by atoms with Crippen LogP contribution in [-0.4, -0.2) is 50.8 Å². The summed E-state index contributed by atoms with van der Waals surface area (Å²) in [5.74, 6) is 0.802. The van der Waals surface area contributed by atoms with Crippen molar-refractivity contribution in [3.8, 4) is 17.2 Å². The Labute approximate surface area is 119 Å². The van der Waals surface area contributed by atoms with Crippen LogP contribution in [0.4, 0.5) is 0 Å². The summed E-state index contributed by atoms with van der Waals surface area (Å²) >= 11 is 0. The molecule has 112 valence electrons. The van der Waals surface area contributed by atoms with Gasteiger partial charge in [0, 0.05) is 33.6 Å². The molecule has 0 aliphatic heterocycles. The second-order valence-electron chi connectivity index (χ2n) is 4.56. The average Bonchev–Trinajstić information content (AvgIpc) is 2.44. The number of hydrogen-bond donors (Lipinski definition) is 2. The molecule has 2 N–H and O–H groups in total. The van der Waals surface area contributed by atoms with Gasteiger partial charge in [0.15, 0.2) is 11.5 Å². The number of phenols is 1. The number of carbonyl (C=O) groups is 1. The molecule has 0 saturated heterocycles. The fraction of sp³-hybridized carbons (Fsp3) is 0.500. The van der Waals surface area contributed by atoms with Crippen molar-refractivity contribution in [2.24, 2.45) is 0 Å². The van der Waals surface area contributed by atoms with Crippen molar-refractivity contribution in [2.45, 2.75) is 13.0 Å². The Bertz CT molecular complexity index is 435. The Balaban J connectivity index is 2.58. The number of nitrogens with one attached hydrogen (secondary N) is 1. The van der Waals surface area contributed by atoms with E-state index >= 15 is 0 Å². The zero-order valence-electron chi connectivity index (χ0n) is 12.4. The number of methoxy groups -OCH3 is 2. The highest BCUT2D eigenvalue weighted by atomic mass is 16.5. The maximum atomic E-state index is 11.4. The Morgan fingerprint density at radius 3 is 2.25 bits per heavy atom. The molecule has 0 atom stereocenters. The van der Waals surface area contributed by atoms with E-state index in [4.69, 9.17) is 9.47 Å². The van der Waals surface area contributed by atoms with Gasteiger partial charge in [-0.1, -0.05) is 0 Å².